The number of carbonyl (C=O) groups excluding carboxylic acids is 1. The summed E-state index contributed by atoms with van der Waals surface area (Å²) >= 11 is 0. The zero-order valence-electron chi connectivity index (χ0n) is 17.0. The molecule has 0 aromatic heterocycles. The van der Waals surface area contributed by atoms with Crippen molar-refractivity contribution in [2.45, 2.75) is 26.8 Å². The second-order valence-corrected chi connectivity index (χ2v) is 6.10. The SMILES string of the molecule is CCOCCCNC(=NCc1ccc(C)cc1OC)NCC(=O)N(C)C.I. The van der Waals surface area contributed by atoms with Gasteiger partial charge in [-0.25, -0.2) is 4.99 Å². The lowest BCUT2D eigenvalue weighted by atomic mass is 10.1. The number of aliphatic imine (C=N–C) groups is 1. The molecule has 1 aromatic rings. The zero-order chi connectivity index (χ0) is 19.4. The van der Waals surface area contributed by atoms with Gasteiger partial charge in [-0.15, -0.1) is 24.0 Å². The van der Waals surface area contributed by atoms with Crippen LogP contribution in [0.2, 0.25) is 0 Å². The number of amides is 1. The molecule has 0 spiro atoms. The van der Waals surface area contributed by atoms with E-state index in [0.717, 1.165) is 23.3 Å². The maximum atomic E-state index is 11.8. The first kappa shape index (κ1) is 25.4. The second-order valence-electron chi connectivity index (χ2n) is 6.10. The Morgan fingerprint density at radius 3 is 2.63 bits per heavy atom. The van der Waals surface area contributed by atoms with Gasteiger partial charge in [0.25, 0.3) is 0 Å². The summed E-state index contributed by atoms with van der Waals surface area (Å²) in [6.45, 7) is 6.77. The van der Waals surface area contributed by atoms with Gasteiger partial charge in [-0.1, -0.05) is 12.1 Å². The summed E-state index contributed by atoms with van der Waals surface area (Å²) in [4.78, 5) is 17.9. The number of benzene rings is 1. The fourth-order valence-corrected chi connectivity index (χ4v) is 2.16. The van der Waals surface area contributed by atoms with Crippen molar-refractivity contribution in [1.82, 2.24) is 15.5 Å². The lowest BCUT2D eigenvalue weighted by Gasteiger charge is -2.15. The van der Waals surface area contributed by atoms with Gasteiger partial charge in [0.15, 0.2) is 5.96 Å². The molecular weight excluding hydrogens is 459 g/mol. The maximum Gasteiger partial charge on any atom is 0.241 e. The first-order valence-electron chi connectivity index (χ1n) is 8.91. The molecule has 0 bridgehead atoms. The van der Waals surface area contributed by atoms with Gasteiger partial charge < -0.3 is 25.0 Å². The highest BCUT2D eigenvalue weighted by molar-refractivity contribution is 14.0. The van der Waals surface area contributed by atoms with Crippen molar-refractivity contribution in [3.05, 3.63) is 29.3 Å². The van der Waals surface area contributed by atoms with Crippen molar-refractivity contribution in [3.8, 4) is 5.75 Å². The molecule has 0 unspecified atom stereocenters. The van der Waals surface area contributed by atoms with E-state index < -0.39 is 0 Å². The zero-order valence-corrected chi connectivity index (χ0v) is 19.3. The van der Waals surface area contributed by atoms with Crippen LogP contribution in [0.4, 0.5) is 0 Å². The molecular formula is C19H33IN4O3. The number of ether oxygens (including phenoxy) is 2. The van der Waals surface area contributed by atoms with Crippen LogP contribution in [0.15, 0.2) is 23.2 Å². The molecule has 0 aliphatic heterocycles. The third kappa shape index (κ3) is 10.4. The Bertz CT molecular complexity index is 594. The van der Waals surface area contributed by atoms with Crippen molar-refractivity contribution < 1.29 is 14.3 Å². The van der Waals surface area contributed by atoms with Crippen LogP contribution in [0.5, 0.6) is 5.75 Å². The lowest BCUT2D eigenvalue weighted by molar-refractivity contribution is -0.127. The summed E-state index contributed by atoms with van der Waals surface area (Å²) in [7, 11) is 5.11. The summed E-state index contributed by atoms with van der Waals surface area (Å²) in [6, 6.07) is 6.03. The topological polar surface area (TPSA) is 75.2 Å². The molecule has 0 saturated heterocycles. The molecule has 0 heterocycles. The standard InChI is InChI=1S/C19H32N4O3.HI/c1-6-26-11-7-10-20-19(22-14-18(24)23(3)4)21-13-16-9-8-15(2)12-17(16)25-5;/h8-9,12H,6-7,10-11,13-14H2,1-5H3,(H2,20,21,22);1H. The normalized spacial score (nSPS) is 10.8. The average molecular weight is 492 g/mol. The van der Waals surface area contributed by atoms with E-state index in [4.69, 9.17) is 9.47 Å². The van der Waals surface area contributed by atoms with Crippen LogP contribution in [0.3, 0.4) is 0 Å². The minimum absolute atomic E-state index is 0. The Labute approximate surface area is 179 Å². The van der Waals surface area contributed by atoms with Crippen LogP contribution in [-0.4, -0.2) is 64.3 Å². The number of methoxy groups -OCH3 is 1. The number of halogens is 1. The van der Waals surface area contributed by atoms with Crippen LogP contribution in [0.25, 0.3) is 0 Å². The Hall–Kier alpha value is -1.55. The predicted molar refractivity (Wildman–Crippen MR) is 120 cm³/mol. The van der Waals surface area contributed by atoms with E-state index in [2.05, 4.69) is 15.6 Å². The van der Waals surface area contributed by atoms with Gasteiger partial charge in [0, 0.05) is 39.4 Å². The van der Waals surface area contributed by atoms with E-state index >= 15 is 0 Å². The van der Waals surface area contributed by atoms with E-state index in [0.29, 0.717) is 32.3 Å². The van der Waals surface area contributed by atoms with Crippen molar-refractivity contribution in [2.24, 2.45) is 4.99 Å². The highest BCUT2D eigenvalue weighted by Gasteiger charge is 2.07. The molecule has 0 fully saturated rings. The largest absolute Gasteiger partial charge is 0.496 e. The van der Waals surface area contributed by atoms with E-state index in [1.807, 2.05) is 32.0 Å². The Balaban J connectivity index is 0.00000676. The van der Waals surface area contributed by atoms with Gasteiger partial charge in [-0.05, 0) is 31.9 Å². The number of hydrogen-bond donors (Lipinski definition) is 2. The molecule has 1 aromatic carbocycles. The van der Waals surface area contributed by atoms with Crippen molar-refractivity contribution in [3.63, 3.8) is 0 Å². The number of likely N-dealkylation sites (N-methyl/N-ethyl adjacent to an activating group) is 1. The van der Waals surface area contributed by atoms with Crippen molar-refractivity contribution >= 4 is 35.8 Å². The Kier molecular flexibility index (Phi) is 13.7. The molecule has 0 saturated carbocycles. The fraction of sp³-hybridized carbons (Fsp3) is 0.579. The van der Waals surface area contributed by atoms with E-state index in [1.54, 1.807) is 26.1 Å². The molecule has 27 heavy (non-hydrogen) atoms. The summed E-state index contributed by atoms with van der Waals surface area (Å²) < 4.78 is 10.8. The van der Waals surface area contributed by atoms with Crippen LogP contribution in [0, 0.1) is 6.92 Å². The molecule has 0 atom stereocenters. The van der Waals surface area contributed by atoms with E-state index in [-0.39, 0.29) is 36.4 Å². The summed E-state index contributed by atoms with van der Waals surface area (Å²) in [5.74, 6) is 1.40. The van der Waals surface area contributed by atoms with Crippen molar-refractivity contribution in [1.29, 1.82) is 0 Å². The number of rotatable bonds is 10. The number of carbonyl (C=O) groups is 1. The van der Waals surface area contributed by atoms with Crippen LogP contribution >= 0.6 is 24.0 Å². The number of hydrogen-bond acceptors (Lipinski definition) is 4. The number of nitrogens with zero attached hydrogens (tertiary/aromatic N) is 2. The number of guanidine groups is 1. The third-order valence-electron chi connectivity index (χ3n) is 3.72. The average Bonchev–Trinajstić information content (AvgIpc) is 2.63. The van der Waals surface area contributed by atoms with Crippen LogP contribution in [-0.2, 0) is 16.1 Å². The molecule has 2 N–H and O–H groups in total. The molecule has 8 heteroatoms. The molecule has 1 rings (SSSR count). The molecule has 7 nitrogen and oxygen atoms in total. The summed E-state index contributed by atoms with van der Waals surface area (Å²) in [6.07, 6.45) is 0.865. The minimum atomic E-state index is -0.0123. The van der Waals surface area contributed by atoms with E-state index in [1.165, 1.54) is 0 Å². The van der Waals surface area contributed by atoms with Gasteiger partial charge in [0.1, 0.15) is 5.75 Å². The molecule has 0 aliphatic rings. The predicted octanol–water partition coefficient (Wildman–Crippen LogP) is 2.17. The second kappa shape index (κ2) is 14.5. The molecule has 154 valence electrons. The summed E-state index contributed by atoms with van der Waals surface area (Å²) in [5.41, 5.74) is 2.13. The van der Waals surface area contributed by atoms with Gasteiger partial charge in [-0.3, -0.25) is 4.79 Å². The highest BCUT2D eigenvalue weighted by Crippen LogP contribution is 2.20. The number of nitrogens with one attached hydrogen (secondary N) is 2. The highest BCUT2D eigenvalue weighted by atomic mass is 127. The quantitative estimate of drug-likeness (QED) is 0.227. The lowest BCUT2D eigenvalue weighted by Crippen LogP contribution is -2.43. The first-order chi connectivity index (χ1) is 12.5. The summed E-state index contributed by atoms with van der Waals surface area (Å²) in [5, 5.41) is 6.32. The first-order valence-corrected chi connectivity index (χ1v) is 8.91. The number of aryl methyl sites for hydroxylation is 1. The van der Waals surface area contributed by atoms with Crippen molar-refractivity contribution in [2.75, 3.05) is 47.5 Å². The Morgan fingerprint density at radius 1 is 1.26 bits per heavy atom. The van der Waals surface area contributed by atoms with Crippen LogP contribution < -0.4 is 15.4 Å². The van der Waals surface area contributed by atoms with Gasteiger partial charge in [0.05, 0.1) is 20.2 Å². The Morgan fingerprint density at radius 2 is 2.00 bits per heavy atom. The maximum absolute atomic E-state index is 11.8. The minimum Gasteiger partial charge on any atom is -0.496 e. The molecule has 0 radical (unpaired) electrons. The smallest absolute Gasteiger partial charge is 0.241 e. The van der Waals surface area contributed by atoms with Crippen LogP contribution in [0.1, 0.15) is 24.5 Å². The van der Waals surface area contributed by atoms with Gasteiger partial charge >= 0.3 is 0 Å². The third-order valence-corrected chi connectivity index (χ3v) is 3.72. The van der Waals surface area contributed by atoms with Gasteiger partial charge in [-0.2, -0.15) is 0 Å². The fourth-order valence-electron chi connectivity index (χ4n) is 2.16. The monoisotopic (exact) mass is 492 g/mol. The van der Waals surface area contributed by atoms with E-state index in [9.17, 15) is 4.79 Å². The molecule has 0 aliphatic carbocycles. The molecule has 1 amide bonds. The van der Waals surface area contributed by atoms with Gasteiger partial charge in [0.2, 0.25) is 5.91 Å².